The van der Waals surface area contributed by atoms with Crippen LogP contribution in [0.15, 0.2) is 24.4 Å². The van der Waals surface area contributed by atoms with Gasteiger partial charge in [-0.25, -0.2) is 13.1 Å². The second-order valence-corrected chi connectivity index (χ2v) is 5.37. The third-order valence-electron chi connectivity index (χ3n) is 2.41. The number of nitrogens with zero attached hydrogens (tertiary/aromatic N) is 1. The molecule has 5 nitrogen and oxygen atoms in total. The predicted octanol–water partition coefficient (Wildman–Crippen LogP) is 1.32. The van der Waals surface area contributed by atoms with E-state index in [0.717, 1.165) is 25.2 Å². The van der Waals surface area contributed by atoms with E-state index in [0.29, 0.717) is 9.88 Å². The lowest BCUT2D eigenvalue weighted by Crippen LogP contribution is -2.20. The van der Waals surface area contributed by atoms with Crippen molar-refractivity contribution in [2.75, 3.05) is 27.5 Å². The first kappa shape index (κ1) is 5.44. The van der Waals surface area contributed by atoms with Crippen LogP contribution in [0.5, 0.6) is 0 Å². The maximum atomic E-state index is 12.5. The molecule has 6 heteroatoms. The Morgan fingerprint density at radius 1 is 1.65 bits per heavy atom. The zero-order chi connectivity index (χ0) is 25.9. The smallest absolute Gasteiger partial charge is 0.215 e. The monoisotopic (exact) mass is 308 g/mol. The minimum absolute atomic E-state index is 0.0917. The number of hydrogen-bond acceptors (Lipinski definition) is 3. The average Bonchev–Trinajstić information content (AvgIpc) is 2.89. The number of aromatic nitrogens is 1. The van der Waals surface area contributed by atoms with E-state index in [9.17, 15) is 8.42 Å². The highest BCUT2D eigenvalue weighted by Gasteiger charge is 2.11. The van der Waals surface area contributed by atoms with E-state index in [1.807, 2.05) is 0 Å². The summed E-state index contributed by atoms with van der Waals surface area (Å²) in [7, 11) is -4.29. The predicted molar refractivity (Wildman–Crippen MR) is 82.2 cm³/mol. The highest BCUT2D eigenvalue weighted by Crippen LogP contribution is 2.21. The number of sulfonamides is 1. The van der Waals surface area contributed by atoms with Crippen LogP contribution in [0, 0.1) is 0 Å². The molecular formula is C14H21N3O2S. The molecule has 1 aromatic heterocycles. The Balaban J connectivity index is 2.73. The molecule has 0 aliphatic rings. The summed E-state index contributed by atoms with van der Waals surface area (Å²) < 4.78 is 124. The van der Waals surface area contributed by atoms with E-state index in [-0.39, 0.29) is 10.9 Å². The molecule has 2 aromatic rings. The van der Waals surface area contributed by atoms with E-state index < -0.39 is 64.6 Å². The fourth-order valence-electron chi connectivity index (χ4n) is 1.58. The molecule has 0 atom stereocenters. The number of likely N-dealkylation sites (N-methyl/N-ethyl adjacent to an activating group) is 1. The SMILES string of the molecule is [2H]c1c(C([2H])([2H])CN(C)C([2H])([2H])[2H])c2cc(C([2H])([2H])S(=O)(=O)N([2H])C([2H])([2H])[2H])ccc2n1[2H]. The summed E-state index contributed by atoms with van der Waals surface area (Å²) in [6.45, 7) is -6.89. The molecule has 20 heavy (non-hydrogen) atoms. The van der Waals surface area contributed by atoms with Gasteiger partial charge in [0, 0.05) is 37.3 Å². The lowest BCUT2D eigenvalue weighted by atomic mass is 10.1. The molecule has 2 N–H and O–H groups in total. The average molecular weight is 308 g/mol. The largest absolute Gasteiger partial charge is 0.361 e. The van der Waals surface area contributed by atoms with Gasteiger partial charge in [-0.1, -0.05) is 6.07 Å². The number of H-pyrrole nitrogens is 1. The van der Waals surface area contributed by atoms with Crippen LogP contribution in [-0.4, -0.2) is 45.8 Å². The fraction of sp³-hybridized carbons (Fsp3) is 0.429. The fourth-order valence-corrected chi connectivity index (χ4v) is 2.05. The summed E-state index contributed by atoms with van der Waals surface area (Å²) in [5, 5.41) is -0.235. The Morgan fingerprint density at radius 3 is 3.25 bits per heavy atom. The highest BCUT2D eigenvalue weighted by atomic mass is 32.2. The van der Waals surface area contributed by atoms with Crippen molar-refractivity contribution in [2.24, 2.45) is 0 Å². The van der Waals surface area contributed by atoms with Crippen molar-refractivity contribution in [2.45, 2.75) is 12.1 Å². The number of aromatic amines is 1. The molecule has 0 bridgehead atoms. The first-order valence-electron chi connectivity index (χ1n) is 11.9. The third-order valence-corrected chi connectivity index (χ3v) is 3.15. The standard InChI is InChI=1S/C14H21N3O2S/c1-15-20(18,19)10-11-4-5-14-13(8-11)12(9-16-14)6-7-17(2)3/h4-5,8-9,15-16H,6-7,10H2,1-3H3/i1D3,2D3,6D2,9D,10D2/hD2. The minimum Gasteiger partial charge on any atom is -0.361 e. The minimum atomic E-state index is -5.41. The van der Waals surface area contributed by atoms with Crippen molar-refractivity contribution in [1.82, 2.24) is 14.6 Å². The lowest BCUT2D eigenvalue weighted by molar-refractivity contribution is 0.414. The van der Waals surface area contributed by atoms with Gasteiger partial charge in [-0.15, -0.1) is 0 Å². The molecule has 0 spiro atoms. The normalized spacial score (nSPS) is 24.9. The maximum absolute atomic E-state index is 12.5. The Hall–Kier alpha value is -1.37. The molecule has 0 saturated heterocycles. The third kappa shape index (κ3) is 3.59. The van der Waals surface area contributed by atoms with Crippen LogP contribution in [0.2, 0.25) is 2.82 Å². The molecule has 0 amide bonds. The topological polar surface area (TPSA) is 65.2 Å². The van der Waals surface area contributed by atoms with Gasteiger partial charge in [0.1, 0.15) is 1.41 Å². The second kappa shape index (κ2) is 5.95. The Bertz CT molecular complexity index is 1150. The van der Waals surface area contributed by atoms with Crippen LogP contribution < -0.4 is 4.72 Å². The number of benzene rings is 1. The second-order valence-electron chi connectivity index (χ2n) is 4.03. The van der Waals surface area contributed by atoms with Crippen molar-refractivity contribution in [1.29, 1.82) is 0 Å². The van der Waals surface area contributed by atoms with E-state index in [4.69, 9.17) is 17.9 Å². The van der Waals surface area contributed by atoms with E-state index in [1.165, 1.54) is 0 Å². The van der Waals surface area contributed by atoms with Crippen LogP contribution >= 0.6 is 0 Å². The van der Waals surface area contributed by atoms with Crippen LogP contribution in [0.25, 0.3) is 10.9 Å². The number of nitrogens with one attached hydrogen (secondary N) is 2. The molecule has 0 aliphatic carbocycles. The van der Waals surface area contributed by atoms with Crippen molar-refractivity contribution < 1.29 is 26.3 Å². The summed E-state index contributed by atoms with van der Waals surface area (Å²) in [5.41, 5.74) is -4.67. The zero-order valence-corrected chi connectivity index (χ0v) is 11.3. The first-order valence-corrected chi connectivity index (χ1v) is 6.91. The number of fused-ring (bicyclic) bond motifs is 1. The Labute approximate surface area is 138 Å². The molecule has 1 heterocycles. The summed E-state index contributed by atoms with van der Waals surface area (Å²) in [5.74, 6) is 0. The quantitative estimate of drug-likeness (QED) is 0.846. The number of rotatable bonds is 6. The van der Waals surface area contributed by atoms with Crippen molar-refractivity contribution in [3.8, 4) is 0 Å². The summed E-state index contributed by atoms with van der Waals surface area (Å²) >= 11 is 0. The van der Waals surface area contributed by atoms with Crippen molar-refractivity contribution >= 4 is 20.9 Å². The molecular weight excluding hydrogens is 274 g/mol. The van der Waals surface area contributed by atoms with Crippen LogP contribution in [0.4, 0.5) is 0 Å². The van der Waals surface area contributed by atoms with E-state index in [1.54, 1.807) is 0 Å². The van der Waals surface area contributed by atoms with Gasteiger partial charge in [-0.05, 0) is 50.6 Å². The van der Waals surface area contributed by atoms with Crippen LogP contribution in [0.3, 0.4) is 0 Å². The van der Waals surface area contributed by atoms with Crippen molar-refractivity contribution in [3.05, 3.63) is 35.5 Å². The summed E-state index contributed by atoms with van der Waals surface area (Å²) in [6.07, 6.45) is -3.20. The molecule has 1 aromatic carbocycles. The first-order chi connectivity index (χ1) is 14.6. The van der Waals surface area contributed by atoms with Gasteiger partial charge in [0.15, 0.2) is 1.41 Å². The van der Waals surface area contributed by atoms with Gasteiger partial charge < -0.3 is 9.88 Å². The maximum Gasteiger partial charge on any atom is 0.215 e. The Morgan fingerprint density at radius 2 is 2.50 bits per heavy atom. The molecule has 0 fully saturated rings. The van der Waals surface area contributed by atoms with Crippen LogP contribution in [-0.2, 0) is 22.1 Å². The zero-order valence-electron chi connectivity index (χ0n) is 23.5. The molecule has 0 unspecified atom stereocenters. The lowest BCUT2D eigenvalue weighted by Gasteiger charge is -2.08. The van der Waals surface area contributed by atoms with Gasteiger partial charge in [-0.2, -0.15) is 0 Å². The molecule has 0 radical (unpaired) electrons. The molecule has 110 valence electrons. The van der Waals surface area contributed by atoms with Gasteiger partial charge >= 0.3 is 0 Å². The number of hydrogen-bond donors (Lipinski definition) is 2. The van der Waals surface area contributed by atoms with Gasteiger partial charge in [0.05, 0.1) is 7.08 Å². The van der Waals surface area contributed by atoms with E-state index >= 15 is 0 Å². The van der Waals surface area contributed by atoms with Crippen LogP contribution in [0.1, 0.15) is 26.2 Å². The summed E-state index contributed by atoms with van der Waals surface area (Å²) in [4.78, 5) is 1.23. The van der Waals surface area contributed by atoms with Crippen molar-refractivity contribution in [3.63, 3.8) is 0 Å². The molecule has 2 rings (SSSR count). The van der Waals surface area contributed by atoms with E-state index in [2.05, 4.69) is 0 Å². The Kier molecular flexibility index (Phi) is 1.62. The van der Waals surface area contributed by atoms with Gasteiger partial charge in [0.25, 0.3) is 0 Å². The summed E-state index contributed by atoms with van der Waals surface area (Å²) in [6, 6.07) is 2.83. The molecule has 0 saturated carbocycles. The molecule has 0 aliphatic heterocycles. The van der Waals surface area contributed by atoms with Gasteiger partial charge in [0.2, 0.25) is 10.0 Å². The highest BCUT2D eigenvalue weighted by molar-refractivity contribution is 7.88. The van der Waals surface area contributed by atoms with Gasteiger partial charge in [-0.3, -0.25) is 0 Å².